The average Bonchev–Trinajstić information content (AvgIpc) is 2.44. The molecule has 0 bridgehead atoms. The van der Waals surface area contributed by atoms with Gasteiger partial charge in [0.2, 0.25) is 0 Å². The number of nitrogen functional groups attached to an aromatic ring is 1. The standard InChI is InChI=1S/C8H14N4O/c1-3-6(9)8(13)12-4-7(10)5(2)11-12/h4,6H,3,9-10H2,1-2H3. The van der Waals surface area contributed by atoms with Crippen LogP contribution in [0.25, 0.3) is 0 Å². The molecule has 0 fully saturated rings. The van der Waals surface area contributed by atoms with E-state index in [4.69, 9.17) is 11.5 Å². The fourth-order valence-corrected chi connectivity index (χ4v) is 0.931. The molecular weight excluding hydrogens is 168 g/mol. The summed E-state index contributed by atoms with van der Waals surface area (Å²) < 4.78 is 1.21. The van der Waals surface area contributed by atoms with Gasteiger partial charge in [0.15, 0.2) is 0 Å². The first-order valence-electron chi connectivity index (χ1n) is 4.17. The number of hydrogen-bond acceptors (Lipinski definition) is 4. The van der Waals surface area contributed by atoms with Crippen molar-refractivity contribution >= 4 is 11.6 Å². The van der Waals surface area contributed by atoms with E-state index in [1.165, 1.54) is 10.9 Å². The van der Waals surface area contributed by atoms with Gasteiger partial charge in [-0.2, -0.15) is 5.10 Å². The molecule has 1 rings (SSSR count). The summed E-state index contributed by atoms with van der Waals surface area (Å²) in [6.45, 7) is 3.60. The molecule has 1 aromatic heterocycles. The molecule has 1 atom stereocenters. The lowest BCUT2D eigenvalue weighted by Crippen LogP contribution is -2.34. The molecule has 4 N–H and O–H groups in total. The highest BCUT2D eigenvalue weighted by Gasteiger charge is 2.15. The minimum absolute atomic E-state index is 0.220. The van der Waals surface area contributed by atoms with Gasteiger partial charge in [0.25, 0.3) is 5.91 Å². The maximum atomic E-state index is 11.5. The second kappa shape index (κ2) is 3.57. The molecule has 1 heterocycles. The Morgan fingerprint density at radius 2 is 2.38 bits per heavy atom. The van der Waals surface area contributed by atoms with E-state index in [2.05, 4.69) is 5.10 Å². The zero-order valence-corrected chi connectivity index (χ0v) is 7.82. The number of anilines is 1. The Hall–Kier alpha value is -1.36. The zero-order chi connectivity index (χ0) is 10.0. The molecule has 0 saturated carbocycles. The first-order valence-corrected chi connectivity index (χ1v) is 4.17. The van der Waals surface area contributed by atoms with Crippen LogP contribution in [0, 0.1) is 6.92 Å². The molecule has 1 unspecified atom stereocenters. The van der Waals surface area contributed by atoms with Crippen molar-refractivity contribution < 1.29 is 4.79 Å². The summed E-state index contributed by atoms with van der Waals surface area (Å²) in [7, 11) is 0. The normalized spacial score (nSPS) is 12.8. The fourth-order valence-electron chi connectivity index (χ4n) is 0.931. The molecule has 5 heteroatoms. The minimum Gasteiger partial charge on any atom is -0.396 e. The summed E-state index contributed by atoms with van der Waals surface area (Å²) in [5.41, 5.74) is 12.3. The number of hydrogen-bond donors (Lipinski definition) is 2. The topological polar surface area (TPSA) is 86.9 Å². The van der Waals surface area contributed by atoms with Crippen LogP contribution in [0.2, 0.25) is 0 Å². The number of rotatable bonds is 2. The van der Waals surface area contributed by atoms with Crippen molar-refractivity contribution in [3.8, 4) is 0 Å². The lowest BCUT2D eigenvalue weighted by Gasteiger charge is -2.05. The lowest BCUT2D eigenvalue weighted by molar-refractivity contribution is 0.0861. The molecule has 0 aromatic carbocycles. The third-order valence-corrected chi connectivity index (χ3v) is 1.92. The van der Waals surface area contributed by atoms with E-state index in [-0.39, 0.29) is 5.91 Å². The maximum Gasteiger partial charge on any atom is 0.263 e. The van der Waals surface area contributed by atoms with Crippen LogP contribution < -0.4 is 11.5 Å². The van der Waals surface area contributed by atoms with Gasteiger partial charge < -0.3 is 11.5 Å². The largest absolute Gasteiger partial charge is 0.396 e. The van der Waals surface area contributed by atoms with Crippen molar-refractivity contribution in [1.82, 2.24) is 9.78 Å². The number of nitrogens with two attached hydrogens (primary N) is 2. The van der Waals surface area contributed by atoms with E-state index >= 15 is 0 Å². The van der Waals surface area contributed by atoms with Crippen LogP contribution in [0.15, 0.2) is 6.20 Å². The third-order valence-electron chi connectivity index (χ3n) is 1.92. The summed E-state index contributed by atoms with van der Waals surface area (Å²) >= 11 is 0. The average molecular weight is 182 g/mol. The Balaban J connectivity index is 2.89. The third kappa shape index (κ3) is 1.86. The Bertz CT molecular complexity index is 298. The zero-order valence-electron chi connectivity index (χ0n) is 7.82. The molecule has 0 amide bonds. The second-order valence-electron chi connectivity index (χ2n) is 2.97. The highest BCUT2D eigenvalue weighted by molar-refractivity contribution is 5.83. The van der Waals surface area contributed by atoms with Crippen LogP contribution in [-0.4, -0.2) is 21.7 Å². The number of aryl methyl sites for hydroxylation is 1. The molecule has 13 heavy (non-hydrogen) atoms. The van der Waals surface area contributed by atoms with E-state index < -0.39 is 6.04 Å². The van der Waals surface area contributed by atoms with E-state index in [0.717, 1.165) is 0 Å². The molecule has 0 aliphatic heterocycles. The molecule has 0 radical (unpaired) electrons. The molecule has 0 aliphatic rings. The Morgan fingerprint density at radius 1 is 1.77 bits per heavy atom. The summed E-state index contributed by atoms with van der Waals surface area (Å²) in [6.07, 6.45) is 2.09. The fraction of sp³-hybridized carbons (Fsp3) is 0.500. The van der Waals surface area contributed by atoms with Gasteiger partial charge in [-0.25, -0.2) is 4.68 Å². The van der Waals surface area contributed by atoms with E-state index in [0.29, 0.717) is 17.8 Å². The van der Waals surface area contributed by atoms with Gasteiger partial charge in [-0.1, -0.05) is 6.92 Å². The second-order valence-corrected chi connectivity index (χ2v) is 2.97. The first kappa shape index (κ1) is 9.73. The van der Waals surface area contributed by atoms with E-state index in [1.807, 2.05) is 6.92 Å². The van der Waals surface area contributed by atoms with Crippen LogP contribution >= 0.6 is 0 Å². The Labute approximate surface area is 76.7 Å². The molecular formula is C8H14N4O. The smallest absolute Gasteiger partial charge is 0.263 e. The van der Waals surface area contributed by atoms with Crippen molar-refractivity contribution in [2.24, 2.45) is 5.73 Å². The molecule has 0 saturated heterocycles. The van der Waals surface area contributed by atoms with Gasteiger partial charge in [-0.3, -0.25) is 4.79 Å². The van der Waals surface area contributed by atoms with E-state index in [9.17, 15) is 4.79 Å². The highest BCUT2D eigenvalue weighted by atomic mass is 16.2. The van der Waals surface area contributed by atoms with Crippen molar-refractivity contribution in [2.45, 2.75) is 26.3 Å². The minimum atomic E-state index is -0.501. The van der Waals surface area contributed by atoms with Crippen LogP contribution in [0.5, 0.6) is 0 Å². The predicted octanol–water partition coefficient (Wildman–Crippen LogP) is 0.151. The number of carbonyl (C=O) groups is 1. The highest BCUT2D eigenvalue weighted by Crippen LogP contribution is 2.07. The van der Waals surface area contributed by atoms with E-state index in [1.54, 1.807) is 6.92 Å². The van der Waals surface area contributed by atoms with Crippen LogP contribution in [-0.2, 0) is 0 Å². The summed E-state index contributed by atoms with van der Waals surface area (Å²) in [6, 6.07) is -0.501. The Morgan fingerprint density at radius 3 is 2.77 bits per heavy atom. The SMILES string of the molecule is CCC(N)C(=O)n1cc(N)c(C)n1. The molecule has 0 spiro atoms. The van der Waals surface area contributed by atoms with Crippen molar-refractivity contribution in [3.63, 3.8) is 0 Å². The number of carbonyl (C=O) groups excluding carboxylic acids is 1. The quantitative estimate of drug-likeness (QED) is 0.681. The van der Waals surface area contributed by atoms with Gasteiger partial charge >= 0.3 is 0 Å². The lowest BCUT2D eigenvalue weighted by atomic mass is 10.2. The summed E-state index contributed by atoms with van der Waals surface area (Å²) in [4.78, 5) is 11.5. The maximum absolute atomic E-state index is 11.5. The van der Waals surface area contributed by atoms with Gasteiger partial charge in [0, 0.05) is 0 Å². The van der Waals surface area contributed by atoms with Gasteiger partial charge in [0.05, 0.1) is 23.6 Å². The van der Waals surface area contributed by atoms with Crippen LogP contribution in [0.4, 0.5) is 5.69 Å². The first-order chi connectivity index (χ1) is 6.06. The number of aromatic nitrogens is 2. The number of nitrogens with zero attached hydrogens (tertiary/aromatic N) is 2. The van der Waals surface area contributed by atoms with Crippen molar-refractivity contribution in [2.75, 3.05) is 5.73 Å². The molecule has 1 aromatic rings. The Kier molecular flexibility index (Phi) is 2.67. The predicted molar refractivity (Wildman–Crippen MR) is 50.3 cm³/mol. The van der Waals surface area contributed by atoms with Crippen LogP contribution in [0.3, 0.4) is 0 Å². The van der Waals surface area contributed by atoms with Gasteiger partial charge in [0.1, 0.15) is 0 Å². The molecule has 72 valence electrons. The van der Waals surface area contributed by atoms with Crippen molar-refractivity contribution in [3.05, 3.63) is 11.9 Å². The molecule has 0 aliphatic carbocycles. The summed E-state index contributed by atoms with van der Waals surface area (Å²) in [5, 5.41) is 3.94. The van der Waals surface area contributed by atoms with Gasteiger partial charge in [-0.15, -0.1) is 0 Å². The molecule has 5 nitrogen and oxygen atoms in total. The van der Waals surface area contributed by atoms with Gasteiger partial charge in [-0.05, 0) is 13.3 Å². The summed E-state index contributed by atoms with van der Waals surface area (Å²) in [5.74, 6) is -0.220. The van der Waals surface area contributed by atoms with Crippen LogP contribution in [0.1, 0.15) is 23.8 Å². The van der Waals surface area contributed by atoms with Crippen molar-refractivity contribution in [1.29, 1.82) is 0 Å². The monoisotopic (exact) mass is 182 g/mol.